The molecule has 1 aliphatic rings. The predicted octanol–water partition coefficient (Wildman–Crippen LogP) is 2.70. The summed E-state index contributed by atoms with van der Waals surface area (Å²) in [5, 5.41) is 0. The first-order valence-corrected chi connectivity index (χ1v) is 5.74. The lowest BCUT2D eigenvalue weighted by Gasteiger charge is -2.09. The third-order valence-corrected chi connectivity index (χ3v) is 3.17. The summed E-state index contributed by atoms with van der Waals surface area (Å²) in [5.74, 6) is 0. The van der Waals surface area contributed by atoms with Gasteiger partial charge in [-0.05, 0) is 22.8 Å². The van der Waals surface area contributed by atoms with Crippen LogP contribution in [0.2, 0.25) is 0 Å². The van der Waals surface area contributed by atoms with Crippen LogP contribution in [0.25, 0.3) is 11.1 Å². The number of nitrogens with two attached hydrogens (primary N) is 1. The SMILES string of the molecule is Cl.NC[C@H]1OCc2c(-c3cccnc3)cccc21. The first kappa shape index (κ1) is 13.0. The second-order valence-corrected chi connectivity index (χ2v) is 4.15. The van der Waals surface area contributed by atoms with Crippen molar-refractivity contribution in [1.29, 1.82) is 0 Å². The van der Waals surface area contributed by atoms with Crippen LogP contribution in [-0.4, -0.2) is 11.5 Å². The van der Waals surface area contributed by atoms with Crippen LogP contribution in [0.5, 0.6) is 0 Å². The van der Waals surface area contributed by atoms with Gasteiger partial charge in [-0.25, -0.2) is 0 Å². The van der Waals surface area contributed by atoms with Gasteiger partial charge in [-0.1, -0.05) is 24.3 Å². The molecule has 1 aliphatic heterocycles. The van der Waals surface area contributed by atoms with Crippen LogP contribution in [-0.2, 0) is 11.3 Å². The smallest absolute Gasteiger partial charge is 0.0955 e. The second kappa shape index (κ2) is 5.48. The van der Waals surface area contributed by atoms with Gasteiger partial charge in [0.1, 0.15) is 0 Å². The minimum atomic E-state index is 0. The monoisotopic (exact) mass is 262 g/mol. The van der Waals surface area contributed by atoms with Crippen molar-refractivity contribution in [1.82, 2.24) is 4.98 Å². The highest BCUT2D eigenvalue weighted by molar-refractivity contribution is 5.85. The molecule has 2 aromatic rings. The van der Waals surface area contributed by atoms with E-state index in [-0.39, 0.29) is 18.5 Å². The van der Waals surface area contributed by atoms with Gasteiger partial charge in [-0.15, -0.1) is 12.4 Å². The zero-order valence-corrected chi connectivity index (χ0v) is 10.7. The number of hydrogen-bond donors (Lipinski definition) is 1. The van der Waals surface area contributed by atoms with Crippen LogP contribution in [0, 0.1) is 0 Å². The Morgan fingerprint density at radius 3 is 2.89 bits per heavy atom. The molecule has 2 heterocycles. The van der Waals surface area contributed by atoms with Crippen molar-refractivity contribution < 1.29 is 4.74 Å². The highest BCUT2D eigenvalue weighted by atomic mass is 35.5. The Morgan fingerprint density at radius 2 is 2.17 bits per heavy atom. The molecule has 0 spiro atoms. The lowest BCUT2D eigenvalue weighted by molar-refractivity contribution is 0.0725. The molecule has 0 fully saturated rings. The summed E-state index contributed by atoms with van der Waals surface area (Å²) in [6, 6.07) is 10.3. The van der Waals surface area contributed by atoms with Gasteiger partial charge in [0.05, 0.1) is 12.7 Å². The normalized spacial score (nSPS) is 17.1. The Morgan fingerprint density at radius 1 is 1.28 bits per heavy atom. The van der Waals surface area contributed by atoms with E-state index in [1.54, 1.807) is 6.20 Å². The van der Waals surface area contributed by atoms with E-state index in [2.05, 4.69) is 29.2 Å². The van der Waals surface area contributed by atoms with Crippen LogP contribution in [0.1, 0.15) is 17.2 Å². The number of rotatable bonds is 2. The summed E-state index contributed by atoms with van der Waals surface area (Å²) in [4.78, 5) is 4.16. The number of aromatic nitrogens is 1. The van der Waals surface area contributed by atoms with E-state index >= 15 is 0 Å². The van der Waals surface area contributed by atoms with E-state index in [0.29, 0.717) is 13.2 Å². The lowest BCUT2D eigenvalue weighted by Crippen LogP contribution is -2.10. The maximum atomic E-state index is 5.70. The fraction of sp³-hybridized carbons (Fsp3) is 0.214. The quantitative estimate of drug-likeness (QED) is 0.905. The summed E-state index contributed by atoms with van der Waals surface area (Å²) in [6.07, 6.45) is 3.71. The number of nitrogens with zero attached hydrogens (tertiary/aromatic N) is 1. The topological polar surface area (TPSA) is 48.1 Å². The number of halogens is 1. The summed E-state index contributed by atoms with van der Waals surface area (Å²) in [5.41, 5.74) is 10.5. The van der Waals surface area contributed by atoms with Gasteiger partial charge in [0.2, 0.25) is 0 Å². The molecule has 0 amide bonds. The van der Waals surface area contributed by atoms with E-state index in [4.69, 9.17) is 10.5 Å². The van der Waals surface area contributed by atoms with Crippen molar-refractivity contribution in [3.05, 3.63) is 53.9 Å². The molecule has 1 aromatic carbocycles. The predicted molar refractivity (Wildman–Crippen MR) is 73.5 cm³/mol. The van der Waals surface area contributed by atoms with Crippen LogP contribution in [0.15, 0.2) is 42.7 Å². The fourth-order valence-corrected chi connectivity index (χ4v) is 2.33. The summed E-state index contributed by atoms with van der Waals surface area (Å²) < 4.78 is 5.69. The van der Waals surface area contributed by atoms with E-state index in [9.17, 15) is 0 Å². The Bertz CT molecular complexity index is 531. The summed E-state index contributed by atoms with van der Waals surface area (Å²) in [7, 11) is 0. The largest absolute Gasteiger partial charge is 0.367 e. The average Bonchev–Trinajstić information content (AvgIpc) is 2.82. The van der Waals surface area contributed by atoms with Crippen LogP contribution >= 0.6 is 12.4 Å². The minimum Gasteiger partial charge on any atom is -0.367 e. The molecular formula is C14H15ClN2O. The van der Waals surface area contributed by atoms with Crippen molar-refractivity contribution >= 4 is 12.4 Å². The number of pyridine rings is 1. The molecule has 0 radical (unpaired) electrons. The fourth-order valence-electron chi connectivity index (χ4n) is 2.33. The van der Waals surface area contributed by atoms with Crippen LogP contribution in [0.3, 0.4) is 0 Å². The number of fused-ring (bicyclic) bond motifs is 1. The van der Waals surface area contributed by atoms with Gasteiger partial charge in [-0.2, -0.15) is 0 Å². The van der Waals surface area contributed by atoms with Crippen LogP contribution in [0.4, 0.5) is 0 Å². The molecule has 3 nitrogen and oxygen atoms in total. The van der Waals surface area contributed by atoms with Gasteiger partial charge in [0.15, 0.2) is 0 Å². The first-order valence-electron chi connectivity index (χ1n) is 5.74. The maximum absolute atomic E-state index is 5.70. The van der Waals surface area contributed by atoms with Gasteiger partial charge >= 0.3 is 0 Å². The molecule has 4 heteroatoms. The molecule has 0 bridgehead atoms. The molecule has 0 aliphatic carbocycles. The number of hydrogen-bond acceptors (Lipinski definition) is 3. The van der Waals surface area contributed by atoms with Gasteiger partial charge < -0.3 is 10.5 Å². The third-order valence-electron chi connectivity index (χ3n) is 3.17. The minimum absolute atomic E-state index is 0. The zero-order chi connectivity index (χ0) is 11.7. The van der Waals surface area contributed by atoms with Crippen molar-refractivity contribution in [2.24, 2.45) is 5.73 Å². The lowest BCUT2D eigenvalue weighted by atomic mass is 9.96. The van der Waals surface area contributed by atoms with E-state index in [1.165, 1.54) is 16.7 Å². The molecule has 0 unspecified atom stereocenters. The molecule has 0 saturated carbocycles. The summed E-state index contributed by atoms with van der Waals surface area (Å²) in [6.45, 7) is 1.17. The summed E-state index contributed by atoms with van der Waals surface area (Å²) >= 11 is 0. The molecule has 0 saturated heterocycles. The van der Waals surface area contributed by atoms with Gasteiger partial charge in [-0.3, -0.25) is 4.98 Å². The van der Waals surface area contributed by atoms with Crippen molar-refractivity contribution in [2.45, 2.75) is 12.7 Å². The molecule has 3 rings (SSSR count). The van der Waals surface area contributed by atoms with E-state index in [1.807, 2.05) is 12.3 Å². The van der Waals surface area contributed by atoms with E-state index < -0.39 is 0 Å². The highest BCUT2D eigenvalue weighted by Crippen LogP contribution is 2.36. The molecular weight excluding hydrogens is 248 g/mol. The first-order chi connectivity index (χ1) is 8.40. The Hall–Kier alpha value is -1.42. The van der Waals surface area contributed by atoms with E-state index in [0.717, 1.165) is 5.56 Å². The molecule has 18 heavy (non-hydrogen) atoms. The Labute approximate surface area is 112 Å². The molecule has 2 N–H and O–H groups in total. The number of ether oxygens (including phenoxy) is 1. The standard InChI is InChI=1S/C14H14N2O.ClH/c15-7-14-12-5-1-4-11(13(12)9-17-14)10-3-2-6-16-8-10;/h1-6,8,14H,7,9,15H2;1H/t14-;/m1./s1. The molecule has 1 atom stereocenters. The van der Waals surface area contributed by atoms with Crippen molar-refractivity contribution in [3.8, 4) is 11.1 Å². The maximum Gasteiger partial charge on any atom is 0.0955 e. The Balaban J connectivity index is 0.00000120. The average molecular weight is 263 g/mol. The van der Waals surface area contributed by atoms with Crippen molar-refractivity contribution in [3.63, 3.8) is 0 Å². The second-order valence-electron chi connectivity index (χ2n) is 4.15. The van der Waals surface area contributed by atoms with Gasteiger partial charge in [0.25, 0.3) is 0 Å². The molecule has 94 valence electrons. The van der Waals surface area contributed by atoms with Crippen LogP contribution < -0.4 is 5.73 Å². The third kappa shape index (κ3) is 2.12. The zero-order valence-electron chi connectivity index (χ0n) is 9.87. The van der Waals surface area contributed by atoms with Crippen molar-refractivity contribution in [2.75, 3.05) is 6.54 Å². The Kier molecular flexibility index (Phi) is 3.97. The molecule has 1 aromatic heterocycles. The number of benzene rings is 1. The van der Waals surface area contributed by atoms with Gasteiger partial charge in [0, 0.05) is 24.5 Å². The highest BCUT2D eigenvalue weighted by Gasteiger charge is 2.24.